The second-order valence-corrected chi connectivity index (χ2v) is 2.65. The monoisotopic (exact) mass is 363 g/mol. The fourth-order valence-corrected chi connectivity index (χ4v) is 0. The van der Waals surface area contributed by atoms with Gasteiger partial charge in [-0.25, -0.2) is 0 Å². The molecule has 0 saturated carbocycles. The van der Waals surface area contributed by atoms with Gasteiger partial charge >= 0.3 is 0 Å². The van der Waals surface area contributed by atoms with Gasteiger partial charge in [0, 0.05) is 57.9 Å². The van der Waals surface area contributed by atoms with E-state index in [9.17, 15) is 0 Å². The average Bonchev–Trinajstić information content (AvgIpc) is 2.13. The standard InChI is InChI=1S/C2H8N2.4C2H4O2.Cu/c3-1-2-4;4*1-2(3)4;/h1-4H2;4*1H3,(H,3,4);. The summed E-state index contributed by atoms with van der Waals surface area (Å²) in [5.41, 5.74) is 9.81. The topological polar surface area (TPSA) is 201 Å². The van der Waals surface area contributed by atoms with Crippen LogP contribution in [0, 0.1) is 0 Å². The molecule has 0 aliphatic heterocycles. The van der Waals surface area contributed by atoms with Crippen molar-refractivity contribution in [1.29, 1.82) is 0 Å². The molecule has 8 N–H and O–H groups in total. The molecular weight excluding hydrogens is 340 g/mol. The molecule has 1 radical (unpaired) electrons. The first kappa shape index (κ1) is 36.5. The van der Waals surface area contributed by atoms with E-state index in [0.717, 1.165) is 27.7 Å². The van der Waals surface area contributed by atoms with Crippen LogP contribution in [-0.4, -0.2) is 57.4 Å². The first-order valence-electron chi connectivity index (χ1n) is 5.03. The van der Waals surface area contributed by atoms with Crippen LogP contribution in [0.25, 0.3) is 0 Å². The van der Waals surface area contributed by atoms with Crippen LogP contribution < -0.4 is 11.5 Å². The van der Waals surface area contributed by atoms with Crippen molar-refractivity contribution in [3.63, 3.8) is 0 Å². The fraction of sp³-hybridized carbons (Fsp3) is 0.600. The van der Waals surface area contributed by atoms with E-state index in [-0.39, 0.29) is 17.1 Å². The Morgan fingerprint density at radius 2 is 0.667 bits per heavy atom. The molecule has 0 spiro atoms. The maximum atomic E-state index is 9.00. The summed E-state index contributed by atoms with van der Waals surface area (Å²) in [7, 11) is 0. The van der Waals surface area contributed by atoms with Gasteiger partial charge in [0.25, 0.3) is 23.9 Å². The molecule has 0 aromatic rings. The van der Waals surface area contributed by atoms with Crippen LogP contribution >= 0.6 is 0 Å². The molecule has 0 saturated heterocycles. The van der Waals surface area contributed by atoms with Gasteiger partial charge in [0.15, 0.2) is 0 Å². The molecule has 0 bridgehead atoms. The Bertz CT molecular complexity index is 195. The quantitative estimate of drug-likeness (QED) is 0.322. The fourth-order valence-electron chi connectivity index (χ4n) is 0. The van der Waals surface area contributed by atoms with Gasteiger partial charge in [-0.1, -0.05) is 0 Å². The van der Waals surface area contributed by atoms with Crippen molar-refractivity contribution in [2.24, 2.45) is 11.5 Å². The van der Waals surface area contributed by atoms with E-state index in [0.29, 0.717) is 13.1 Å². The van der Waals surface area contributed by atoms with Crippen molar-refractivity contribution >= 4 is 23.9 Å². The van der Waals surface area contributed by atoms with E-state index < -0.39 is 23.9 Å². The molecule has 0 amide bonds. The first-order valence-corrected chi connectivity index (χ1v) is 5.03. The van der Waals surface area contributed by atoms with E-state index in [1.807, 2.05) is 0 Å². The Kier molecular flexibility index (Phi) is 63.0. The van der Waals surface area contributed by atoms with E-state index in [1.165, 1.54) is 0 Å². The van der Waals surface area contributed by atoms with Gasteiger partial charge in [0.2, 0.25) is 0 Å². The predicted octanol–water partition coefficient (Wildman–Crippen LogP) is -0.735. The largest absolute Gasteiger partial charge is 0.481 e. The Labute approximate surface area is 133 Å². The Morgan fingerprint density at radius 1 is 0.619 bits per heavy atom. The van der Waals surface area contributed by atoms with Crippen LogP contribution in [-0.2, 0) is 36.2 Å². The second-order valence-electron chi connectivity index (χ2n) is 2.65. The average molecular weight is 364 g/mol. The molecule has 10 nitrogen and oxygen atoms in total. The number of nitrogens with two attached hydrogens (primary N) is 2. The maximum Gasteiger partial charge on any atom is 0.300 e. The van der Waals surface area contributed by atoms with Crippen LogP contribution in [0.4, 0.5) is 0 Å². The second kappa shape index (κ2) is 36.2. The van der Waals surface area contributed by atoms with Crippen LogP contribution in [0.1, 0.15) is 27.7 Å². The number of aliphatic carboxylic acids is 4. The molecule has 0 unspecified atom stereocenters. The van der Waals surface area contributed by atoms with Crippen LogP contribution in [0.5, 0.6) is 0 Å². The molecule has 133 valence electrons. The maximum absolute atomic E-state index is 9.00. The SMILES string of the molecule is CC(=O)O.CC(=O)O.CC(=O)O.CC(=O)O.NCCN.[Cu]. The summed E-state index contributed by atoms with van der Waals surface area (Å²) in [5, 5.41) is 29.7. The third-order valence-electron chi connectivity index (χ3n) is 0.167. The molecule has 11 heteroatoms. The number of rotatable bonds is 1. The van der Waals surface area contributed by atoms with Crippen molar-refractivity contribution in [3.8, 4) is 0 Å². The number of hydrogen-bond donors (Lipinski definition) is 6. The summed E-state index contributed by atoms with van der Waals surface area (Å²) >= 11 is 0. The summed E-state index contributed by atoms with van der Waals surface area (Å²) < 4.78 is 0. The van der Waals surface area contributed by atoms with Gasteiger partial charge in [-0.15, -0.1) is 0 Å². The first-order chi connectivity index (χ1) is 8.84. The minimum absolute atomic E-state index is 0. The van der Waals surface area contributed by atoms with E-state index in [4.69, 9.17) is 51.1 Å². The summed E-state index contributed by atoms with van der Waals surface area (Å²) in [6.45, 7) is 5.53. The van der Waals surface area contributed by atoms with Crippen LogP contribution in [0.2, 0.25) is 0 Å². The molecule has 0 aliphatic carbocycles. The number of carboxylic acid groups (broad SMARTS) is 4. The molecule has 0 rings (SSSR count). The molecule has 21 heavy (non-hydrogen) atoms. The Hall–Kier alpha value is -1.68. The smallest absolute Gasteiger partial charge is 0.300 e. The summed E-state index contributed by atoms with van der Waals surface area (Å²) in [6, 6.07) is 0. The Balaban J connectivity index is -0.0000000331. The van der Waals surface area contributed by atoms with Gasteiger partial charge in [-0.05, 0) is 0 Å². The summed E-state index contributed by atoms with van der Waals surface area (Å²) in [6.07, 6.45) is 0. The van der Waals surface area contributed by atoms with Crippen LogP contribution in [0.15, 0.2) is 0 Å². The molecule has 0 aromatic heterocycles. The number of carboxylic acids is 4. The number of hydrogen-bond acceptors (Lipinski definition) is 6. The minimum Gasteiger partial charge on any atom is -0.481 e. The van der Waals surface area contributed by atoms with Gasteiger partial charge < -0.3 is 31.9 Å². The molecular formula is C10H24CuN2O8. The van der Waals surface area contributed by atoms with Crippen molar-refractivity contribution in [2.75, 3.05) is 13.1 Å². The molecule has 0 heterocycles. The number of carbonyl (C=O) groups is 4. The van der Waals surface area contributed by atoms with Crippen molar-refractivity contribution in [3.05, 3.63) is 0 Å². The van der Waals surface area contributed by atoms with Crippen molar-refractivity contribution < 1.29 is 56.7 Å². The van der Waals surface area contributed by atoms with E-state index >= 15 is 0 Å². The van der Waals surface area contributed by atoms with E-state index in [2.05, 4.69) is 0 Å². The Morgan fingerprint density at radius 3 is 0.667 bits per heavy atom. The van der Waals surface area contributed by atoms with E-state index in [1.54, 1.807) is 0 Å². The summed E-state index contributed by atoms with van der Waals surface area (Å²) in [4.78, 5) is 36.0. The molecule has 0 aliphatic rings. The van der Waals surface area contributed by atoms with Crippen LogP contribution in [0.3, 0.4) is 0 Å². The zero-order valence-electron chi connectivity index (χ0n) is 12.3. The third-order valence-corrected chi connectivity index (χ3v) is 0.167. The normalized spacial score (nSPS) is 6.19. The van der Waals surface area contributed by atoms with Crippen molar-refractivity contribution in [2.45, 2.75) is 27.7 Å². The zero-order chi connectivity index (χ0) is 17.7. The summed E-state index contributed by atoms with van der Waals surface area (Å²) in [5.74, 6) is -3.33. The molecule has 0 aromatic carbocycles. The van der Waals surface area contributed by atoms with Crippen molar-refractivity contribution in [1.82, 2.24) is 0 Å². The van der Waals surface area contributed by atoms with Gasteiger partial charge in [0.05, 0.1) is 0 Å². The zero-order valence-corrected chi connectivity index (χ0v) is 13.2. The molecule has 0 atom stereocenters. The van der Waals surface area contributed by atoms with Gasteiger partial charge in [0.1, 0.15) is 0 Å². The minimum atomic E-state index is -0.833. The molecule has 0 fully saturated rings. The van der Waals surface area contributed by atoms with Gasteiger partial charge in [-0.3, -0.25) is 19.2 Å². The van der Waals surface area contributed by atoms with Gasteiger partial charge in [-0.2, -0.15) is 0 Å². The third kappa shape index (κ3) is 10500. The predicted molar refractivity (Wildman–Crippen MR) is 71.3 cm³/mol.